The van der Waals surface area contributed by atoms with E-state index in [1.54, 1.807) is 0 Å². The highest BCUT2D eigenvalue weighted by Gasteiger charge is 2.32. The number of allylic oxidation sites excluding steroid dienone is 1. The van der Waals surface area contributed by atoms with Crippen molar-refractivity contribution in [1.82, 2.24) is 0 Å². The van der Waals surface area contributed by atoms with Crippen LogP contribution in [0.3, 0.4) is 0 Å². The highest BCUT2D eigenvalue weighted by atomic mass is 16.5. The maximum absolute atomic E-state index is 9.66. The number of rotatable bonds is 1. The van der Waals surface area contributed by atoms with Crippen molar-refractivity contribution in [3.05, 3.63) is 88.8 Å². The van der Waals surface area contributed by atoms with E-state index in [0.29, 0.717) is 5.57 Å². The normalized spacial score (nSPS) is 16.4. The van der Waals surface area contributed by atoms with Crippen LogP contribution in [0.25, 0.3) is 10.8 Å². The number of aryl methyl sites for hydroxylation is 1. The molecule has 1 unspecified atom stereocenters. The molecule has 1 atom stereocenters. The summed E-state index contributed by atoms with van der Waals surface area (Å²) in [6.07, 6.45) is 0. The van der Waals surface area contributed by atoms with Crippen molar-refractivity contribution in [2.24, 2.45) is 5.73 Å². The van der Waals surface area contributed by atoms with Gasteiger partial charge in [0.15, 0.2) is 0 Å². The summed E-state index contributed by atoms with van der Waals surface area (Å²) in [6.45, 7) is 2.05. The second-order valence-electron chi connectivity index (χ2n) is 5.99. The second kappa shape index (κ2) is 5.43. The molecule has 0 spiro atoms. The lowest BCUT2D eigenvalue weighted by molar-refractivity contribution is 0.398. The van der Waals surface area contributed by atoms with Crippen LogP contribution in [0.4, 0.5) is 0 Å². The van der Waals surface area contributed by atoms with Gasteiger partial charge in [-0.15, -0.1) is 0 Å². The Hall–Kier alpha value is -3.25. The summed E-state index contributed by atoms with van der Waals surface area (Å²) in [6, 6.07) is 22.5. The van der Waals surface area contributed by atoms with Gasteiger partial charge in [-0.25, -0.2) is 0 Å². The molecule has 0 radical (unpaired) electrons. The van der Waals surface area contributed by atoms with Crippen molar-refractivity contribution in [2.75, 3.05) is 0 Å². The number of nitriles is 1. The van der Waals surface area contributed by atoms with E-state index in [0.717, 1.165) is 33.2 Å². The first kappa shape index (κ1) is 14.3. The fourth-order valence-corrected chi connectivity index (χ4v) is 3.42. The lowest BCUT2D eigenvalue weighted by atomic mass is 9.81. The molecule has 1 aliphatic rings. The van der Waals surface area contributed by atoms with E-state index < -0.39 is 0 Å². The number of nitrogens with two attached hydrogens (primary N) is 1. The molecule has 0 bridgehead atoms. The summed E-state index contributed by atoms with van der Waals surface area (Å²) in [5, 5.41) is 11.8. The predicted molar refractivity (Wildman–Crippen MR) is 94.4 cm³/mol. The number of hydrogen-bond donors (Lipinski definition) is 1. The maximum Gasteiger partial charge on any atom is 0.205 e. The zero-order chi connectivity index (χ0) is 16.7. The van der Waals surface area contributed by atoms with Crippen molar-refractivity contribution in [3.63, 3.8) is 0 Å². The van der Waals surface area contributed by atoms with Gasteiger partial charge >= 0.3 is 0 Å². The third-order valence-corrected chi connectivity index (χ3v) is 4.61. The molecule has 1 aliphatic heterocycles. The Morgan fingerprint density at radius 2 is 1.71 bits per heavy atom. The highest BCUT2D eigenvalue weighted by molar-refractivity contribution is 5.91. The minimum absolute atomic E-state index is 0.189. The Bertz CT molecular complexity index is 1030. The van der Waals surface area contributed by atoms with Crippen molar-refractivity contribution >= 4 is 10.8 Å². The third kappa shape index (κ3) is 2.04. The summed E-state index contributed by atoms with van der Waals surface area (Å²) in [4.78, 5) is 0. The zero-order valence-corrected chi connectivity index (χ0v) is 13.3. The van der Waals surface area contributed by atoms with Gasteiger partial charge in [-0.05, 0) is 23.4 Å². The molecule has 3 heteroatoms. The van der Waals surface area contributed by atoms with Gasteiger partial charge in [0.25, 0.3) is 0 Å². The molecular weight excluding hydrogens is 296 g/mol. The minimum atomic E-state index is -0.204. The van der Waals surface area contributed by atoms with Crippen molar-refractivity contribution in [3.8, 4) is 11.8 Å². The van der Waals surface area contributed by atoms with Crippen molar-refractivity contribution in [2.45, 2.75) is 12.8 Å². The van der Waals surface area contributed by atoms with E-state index in [-0.39, 0.29) is 11.8 Å². The molecule has 0 saturated carbocycles. The van der Waals surface area contributed by atoms with Gasteiger partial charge in [-0.2, -0.15) is 5.26 Å². The van der Waals surface area contributed by atoms with E-state index in [1.807, 2.05) is 42.5 Å². The summed E-state index contributed by atoms with van der Waals surface area (Å²) >= 11 is 0. The first-order valence-electron chi connectivity index (χ1n) is 7.85. The van der Waals surface area contributed by atoms with Gasteiger partial charge in [0.1, 0.15) is 17.4 Å². The van der Waals surface area contributed by atoms with Crippen LogP contribution in [0, 0.1) is 18.3 Å². The molecule has 0 amide bonds. The topological polar surface area (TPSA) is 59.0 Å². The molecule has 0 saturated heterocycles. The minimum Gasteiger partial charge on any atom is -0.440 e. The Morgan fingerprint density at radius 1 is 0.958 bits per heavy atom. The highest BCUT2D eigenvalue weighted by Crippen LogP contribution is 2.45. The summed E-state index contributed by atoms with van der Waals surface area (Å²) < 4.78 is 5.88. The molecule has 1 heterocycles. The third-order valence-electron chi connectivity index (χ3n) is 4.61. The van der Waals surface area contributed by atoms with Gasteiger partial charge in [-0.1, -0.05) is 60.7 Å². The van der Waals surface area contributed by atoms with Crippen LogP contribution in [-0.4, -0.2) is 0 Å². The van der Waals surface area contributed by atoms with E-state index in [1.165, 1.54) is 0 Å². The molecule has 24 heavy (non-hydrogen) atoms. The lowest BCUT2D eigenvalue weighted by Gasteiger charge is -2.28. The van der Waals surface area contributed by atoms with Crippen molar-refractivity contribution in [1.29, 1.82) is 5.26 Å². The largest absolute Gasteiger partial charge is 0.440 e. The smallest absolute Gasteiger partial charge is 0.205 e. The summed E-state index contributed by atoms with van der Waals surface area (Å²) in [5.74, 6) is 0.733. The molecule has 0 aliphatic carbocycles. The summed E-state index contributed by atoms with van der Waals surface area (Å²) in [7, 11) is 0. The van der Waals surface area contributed by atoms with Crippen molar-refractivity contribution < 1.29 is 4.74 Å². The number of ether oxygens (including phenoxy) is 1. The van der Waals surface area contributed by atoms with Gasteiger partial charge in [0, 0.05) is 10.9 Å². The van der Waals surface area contributed by atoms with Crippen LogP contribution in [0.15, 0.2) is 72.1 Å². The van der Waals surface area contributed by atoms with Crippen LogP contribution in [0.1, 0.15) is 22.6 Å². The molecule has 3 aromatic rings. The Balaban J connectivity index is 2.05. The average Bonchev–Trinajstić information content (AvgIpc) is 2.61. The van der Waals surface area contributed by atoms with Crippen LogP contribution in [-0.2, 0) is 0 Å². The standard InChI is InChI=1S/C21H16N2O/c1-13-6-2-4-8-15(13)19-17-11-10-14-7-3-5-9-16(14)20(17)24-21(23)18(19)12-22/h2-11,19H,23H2,1H3. The van der Waals surface area contributed by atoms with E-state index in [2.05, 4.69) is 31.2 Å². The molecular formula is C21H16N2O. The molecule has 0 aromatic heterocycles. The molecule has 116 valence electrons. The Labute approximate surface area is 140 Å². The van der Waals surface area contributed by atoms with E-state index in [4.69, 9.17) is 10.5 Å². The molecule has 2 N–H and O–H groups in total. The summed E-state index contributed by atoms with van der Waals surface area (Å²) in [5.41, 5.74) is 9.76. The number of hydrogen-bond acceptors (Lipinski definition) is 3. The first-order chi connectivity index (χ1) is 11.7. The van der Waals surface area contributed by atoms with E-state index >= 15 is 0 Å². The maximum atomic E-state index is 9.66. The SMILES string of the molecule is Cc1ccccc1C1C(C#N)=C(N)Oc2c1ccc1ccccc21. The lowest BCUT2D eigenvalue weighted by Crippen LogP contribution is -2.21. The quantitative estimate of drug-likeness (QED) is 0.726. The fraction of sp³-hybridized carbons (Fsp3) is 0.0952. The average molecular weight is 312 g/mol. The second-order valence-corrected chi connectivity index (χ2v) is 5.99. The van der Waals surface area contributed by atoms with E-state index in [9.17, 15) is 5.26 Å². The Kier molecular flexibility index (Phi) is 3.25. The zero-order valence-electron chi connectivity index (χ0n) is 13.3. The van der Waals surface area contributed by atoms with Crippen LogP contribution in [0.2, 0.25) is 0 Å². The molecule has 4 rings (SSSR count). The van der Waals surface area contributed by atoms with Gasteiger partial charge in [0.2, 0.25) is 5.88 Å². The fourth-order valence-electron chi connectivity index (χ4n) is 3.42. The van der Waals surface area contributed by atoms with Gasteiger partial charge in [0.05, 0.1) is 5.92 Å². The monoisotopic (exact) mass is 312 g/mol. The number of fused-ring (bicyclic) bond motifs is 3. The molecule has 3 nitrogen and oxygen atoms in total. The van der Waals surface area contributed by atoms with Gasteiger partial charge in [-0.3, -0.25) is 0 Å². The number of nitrogens with zero attached hydrogens (tertiary/aromatic N) is 1. The number of benzene rings is 3. The molecule has 3 aromatic carbocycles. The Morgan fingerprint density at radius 3 is 2.50 bits per heavy atom. The first-order valence-corrected chi connectivity index (χ1v) is 7.85. The van der Waals surface area contributed by atoms with Crippen LogP contribution >= 0.6 is 0 Å². The van der Waals surface area contributed by atoms with Crippen LogP contribution in [0.5, 0.6) is 5.75 Å². The van der Waals surface area contributed by atoms with Crippen LogP contribution < -0.4 is 10.5 Å². The molecule has 0 fully saturated rings. The predicted octanol–water partition coefficient (Wildman–Crippen LogP) is 4.37. The van der Waals surface area contributed by atoms with Gasteiger partial charge < -0.3 is 10.5 Å².